The maximum Gasteiger partial charge on any atom is 0.339 e. The average molecular weight is 470 g/mol. The second kappa shape index (κ2) is 8.49. The van der Waals surface area contributed by atoms with Crippen molar-refractivity contribution in [3.63, 3.8) is 0 Å². The lowest BCUT2D eigenvalue weighted by Crippen LogP contribution is -2.24. The zero-order valence-electron chi connectivity index (χ0n) is 18.7. The van der Waals surface area contributed by atoms with Crippen LogP contribution in [0, 0.1) is 6.92 Å². The third-order valence-corrected chi connectivity index (χ3v) is 5.61. The van der Waals surface area contributed by atoms with Crippen LogP contribution in [0.5, 0.6) is 0 Å². The van der Waals surface area contributed by atoms with Crippen LogP contribution in [0.25, 0.3) is 22.4 Å². The SMILES string of the molecule is Cc1noc2nc(-c3ccccc3)cc(C(=O)OCC(=O)Nc3ccc4c(c3)C(=O)N(C)C4=O)c12. The van der Waals surface area contributed by atoms with Gasteiger partial charge in [0.2, 0.25) is 0 Å². The predicted octanol–water partition coefficient (Wildman–Crippen LogP) is 3.22. The van der Waals surface area contributed by atoms with Gasteiger partial charge in [0.25, 0.3) is 23.4 Å². The molecule has 174 valence electrons. The summed E-state index contributed by atoms with van der Waals surface area (Å²) in [6.45, 7) is 1.11. The standard InChI is InChI=1S/C25H18N4O6/c1-13-21-18(11-19(27-22(21)35-28-13)14-6-4-3-5-7-14)25(33)34-12-20(30)26-15-8-9-16-17(10-15)24(32)29(2)23(16)31/h3-11H,12H2,1-2H3,(H,26,30). The lowest BCUT2D eigenvalue weighted by Gasteiger charge is -2.09. The van der Waals surface area contributed by atoms with Gasteiger partial charge < -0.3 is 14.6 Å². The highest BCUT2D eigenvalue weighted by atomic mass is 16.5. The highest BCUT2D eigenvalue weighted by Crippen LogP contribution is 2.28. The van der Waals surface area contributed by atoms with Crippen molar-refractivity contribution in [1.29, 1.82) is 0 Å². The van der Waals surface area contributed by atoms with E-state index in [1.165, 1.54) is 25.2 Å². The molecule has 0 radical (unpaired) electrons. The number of fused-ring (bicyclic) bond motifs is 2. The summed E-state index contributed by atoms with van der Waals surface area (Å²) in [5.74, 6) is -2.21. The molecule has 0 unspecified atom stereocenters. The number of benzene rings is 2. The lowest BCUT2D eigenvalue weighted by atomic mass is 10.1. The first kappa shape index (κ1) is 22.0. The highest BCUT2D eigenvalue weighted by Gasteiger charge is 2.32. The molecule has 0 fully saturated rings. The summed E-state index contributed by atoms with van der Waals surface area (Å²) in [4.78, 5) is 55.0. The van der Waals surface area contributed by atoms with E-state index in [2.05, 4.69) is 15.5 Å². The molecule has 3 heterocycles. The number of ether oxygens (including phenoxy) is 1. The molecular formula is C25H18N4O6. The summed E-state index contributed by atoms with van der Waals surface area (Å²) in [7, 11) is 1.39. The molecule has 0 saturated carbocycles. The van der Waals surface area contributed by atoms with Crippen LogP contribution in [-0.2, 0) is 9.53 Å². The Bertz CT molecular complexity index is 1530. The molecular weight excluding hydrogens is 452 g/mol. The maximum atomic E-state index is 12.9. The Morgan fingerprint density at radius 1 is 1.03 bits per heavy atom. The predicted molar refractivity (Wildman–Crippen MR) is 124 cm³/mol. The zero-order chi connectivity index (χ0) is 24.7. The van der Waals surface area contributed by atoms with Crippen molar-refractivity contribution < 1.29 is 28.4 Å². The number of imide groups is 1. The molecule has 1 aliphatic heterocycles. The first-order chi connectivity index (χ1) is 16.8. The van der Waals surface area contributed by atoms with Gasteiger partial charge in [0.15, 0.2) is 6.61 Å². The van der Waals surface area contributed by atoms with Crippen LogP contribution in [0.4, 0.5) is 5.69 Å². The number of aryl methyl sites for hydroxylation is 1. The Balaban J connectivity index is 1.33. The van der Waals surface area contributed by atoms with Crippen molar-refractivity contribution in [2.24, 2.45) is 0 Å². The molecule has 0 atom stereocenters. The summed E-state index contributed by atoms with van der Waals surface area (Å²) in [5.41, 5.74) is 2.84. The van der Waals surface area contributed by atoms with E-state index in [-0.39, 0.29) is 22.4 Å². The maximum absolute atomic E-state index is 12.9. The fourth-order valence-corrected chi connectivity index (χ4v) is 3.86. The third kappa shape index (κ3) is 3.90. The van der Waals surface area contributed by atoms with Crippen LogP contribution in [0.3, 0.4) is 0 Å². The second-order valence-electron chi connectivity index (χ2n) is 7.92. The smallest absolute Gasteiger partial charge is 0.339 e. The van der Waals surface area contributed by atoms with E-state index in [4.69, 9.17) is 9.26 Å². The summed E-state index contributed by atoms with van der Waals surface area (Å²) in [6, 6.07) is 15.2. The minimum Gasteiger partial charge on any atom is -0.452 e. The minimum absolute atomic E-state index is 0.171. The van der Waals surface area contributed by atoms with E-state index in [1.807, 2.05) is 30.3 Å². The van der Waals surface area contributed by atoms with Crippen LogP contribution < -0.4 is 5.32 Å². The minimum atomic E-state index is -0.743. The van der Waals surface area contributed by atoms with Gasteiger partial charge in [-0.2, -0.15) is 0 Å². The molecule has 0 aliphatic carbocycles. The van der Waals surface area contributed by atoms with Gasteiger partial charge in [0.1, 0.15) is 0 Å². The Labute approximate surface area is 198 Å². The number of aromatic nitrogens is 2. The Morgan fingerprint density at radius 3 is 2.54 bits per heavy atom. The second-order valence-corrected chi connectivity index (χ2v) is 7.92. The zero-order valence-corrected chi connectivity index (χ0v) is 18.7. The molecule has 10 heteroatoms. The van der Waals surface area contributed by atoms with Gasteiger partial charge in [-0.1, -0.05) is 35.5 Å². The molecule has 1 aliphatic rings. The van der Waals surface area contributed by atoms with Crippen molar-refractivity contribution in [2.75, 3.05) is 19.0 Å². The average Bonchev–Trinajstić information content (AvgIpc) is 3.35. The first-order valence-electron chi connectivity index (χ1n) is 10.6. The normalized spacial score (nSPS) is 12.7. The molecule has 10 nitrogen and oxygen atoms in total. The van der Waals surface area contributed by atoms with Crippen molar-refractivity contribution >= 4 is 40.5 Å². The van der Waals surface area contributed by atoms with Crippen molar-refractivity contribution in [3.8, 4) is 11.3 Å². The number of carbonyl (C=O) groups is 4. The molecule has 35 heavy (non-hydrogen) atoms. The van der Waals surface area contributed by atoms with Gasteiger partial charge in [-0.25, -0.2) is 9.78 Å². The van der Waals surface area contributed by atoms with Crippen LogP contribution in [0.15, 0.2) is 59.1 Å². The molecule has 5 rings (SSSR count). The monoisotopic (exact) mass is 470 g/mol. The molecule has 1 N–H and O–H groups in total. The van der Waals surface area contributed by atoms with Crippen molar-refractivity contribution in [2.45, 2.75) is 6.92 Å². The number of nitrogens with one attached hydrogen (secondary N) is 1. The number of nitrogens with zero attached hydrogens (tertiary/aromatic N) is 3. The largest absolute Gasteiger partial charge is 0.452 e. The van der Waals surface area contributed by atoms with Gasteiger partial charge >= 0.3 is 5.97 Å². The van der Waals surface area contributed by atoms with Crippen LogP contribution in [0.1, 0.15) is 36.8 Å². The summed E-state index contributed by atoms with van der Waals surface area (Å²) < 4.78 is 10.5. The number of carbonyl (C=O) groups excluding carboxylic acids is 4. The first-order valence-corrected chi connectivity index (χ1v) is 10.6. The molecule has 2 aromatic heterocycles. The number of anilines is 1. The summed E-state index contributed by atoms with van der Waals surface area (Å²) in [5, 5.41) is 6.86. The summed E-state index contributed by atoms with van der Waals surface area (Å²) >= 11 is 0. The van der Waals surface area contributed by atoms with Gasteiger partial charge in [0.05, 0.1) is 33.5 Å². The third-order valence-electron chi connectivity index (χ3n) is 5.61. The van der Waals surface area contributed by atoms with Crippen LogP contribution in [-0.4, -0.2) is 52.4 Å². The van der Waals surface area contributed by atoms with E-state index in [0.717, 1.165) is 10.5 Å². The molecule has 0 saturated heterocycles. The van der Waals surface area contributed by atoms with Gasteiger partial charge in [-0.05, 0) is 31.2 Å². The van der Waals surface area contributed by atoms with Gasteiger partial charge in [-0.15, -0.1) is 0 Å². The van der Waals surface area contributed by atoms with Gasteiger partial charge in [-0.3, -0.25) is 19.3 Å². The Hall–Kier alpha value is -4.86. The van der Waals surface area contributed by atoms with E-state index in [0.29, 0.717) is 22.5 Å². The number of rotatable bonds is 5. The quantitative estimate of drug-likeness (QED) is 0.347. The van der Waals surface area contributed by atoms with Gasteiger partial charge in [0, 0.05) is 18.3 Å². The van der Waals surface area contributed by atoms with Crippen molar-refractivity contribution in [1.82, 2.24) is 15.0 Å². The van der Waals surface area contributed by atoms with E-state index in [9.17, 15) is 19.2 Å². The van der Waals surface area contributed by atoms with E-state index >= 15 is 0 Å². The lowest BCUT2D eigenvalue weighted by molar-refractivity contribution is -0.119. The summed E-state index contributed by atoms with van der Waals surface area (Å²) in [6.07, 6.45) is 0. The molecule has 0 spiro atoms. The fraction of sp³-hybridized carbons (Fsp3) is 0.120. The number of hydrogen-bond acceptors (Lipinski definition) is 8. The topological polar surface area (TPSA) is 132 Å². The Kier molecular flexibility index (Phi) is 5.33. The number of esters is 1. The molecule has 2 aromatic carbocycles. The fourth-order valence-electron chi connectivity index (χ4n) is 3.86. The van der Waals surface area contributed by atoms with Crippen LogP contribution >= 0.6 is 0 Å². The Morgan fingerprint density at radius 2 is 1.77 bits per heavy atom. The van der Waals surface area contributed by atoms with E-state index < -0.39 is 30.3 Å². The molecule has 3 amide bonds. The highest BCUT2D eigenvalue weighted by molar-refractivity contribution is 6.21. The van der Waals surface area contributed by atoms with Crippen LogP contribution in [0.2, 0.25) is 0 Å². The van der Waals surface area contributed by atoms with E-state index in [1.54, 1.807) is 13.0 Å². The molecule has 4 aromatic rings. The molecule has 0 bridgehead atoms. The van der Waals surface area contributed by atoms with Crippen molar-refractivity contribution in [3.05, 3.63) is 77.0 Å². The number of hydrogen-bond donors (Lipinski definition) is 1. The number of amides is 3. The number of pyridine rings is 1.